The number of hydrogen-bond acceptors (Lipinski definition) is 3. The van der Waals surface area contributed by atoms with Crippen LogP contribution in [-0.4, -0.2) is 26.2 Å². The highest BCUT2D eigenvalue weighted by Crippen LogP contribution is 2.14. The molecule has 0 unspecified atom stereocenters. The van der Waals surface area contributed by atoms with Crippen molar-refractivity contribution in [2.75, 3.05) is 6.61 Å². The van der Waals surface area contributed by atoms with E-state index in [0.29, 0.717) is 0 Å². The maximum Gasteiger partial charge on any atom is 0.240 e. The summed E-state index contributed by atoms with van der Waals surface area (Å²) in [4.78, 5) is 0.232. The number of aliphatic hydroxyl groups excluding tert-OH is 1. The molecule has 0 saturated carbocycles. The maximum atomic E-state index is 11.8. The van der Waals surface area contributed by atoms with Gasteiger partial charge in [0.25, 0.3) is 0 Å². The molecule has 0 bridgehead atoms. The predicted octanol–water partition coefficient (Wildman–Crippen LogP) is 0.963. The van der Waals surface area contributed by atoms with Gasteiger partial charge in [-0.3, -0.25) is 0 Å². The van der Waals surface area contributed by atoms with E-state index in [4.69, 9.17) is 5.11 Å². The zero-order valence-electron chi connectivity index (χ0n) is 9.69. The standard InChI is InChI=1S/C11H17NO3S/c1-8-4-5-11(6-9(8)2)16(14,15)12-10(3)7-13/h4-6,10,12-13H,7H2,1-3H3/t10-/m0/s1. The summed E-state index contributed by atoms with van der Waals surface area (Å²) in [5.74, 6) is 0. The zero-order valence-corrected chi connectivity index (χ0v) is 10.5. The van der Waals surface area contributed by atoms with Crippen LogP contribution in [0.25, 0.3) is 0 Å². The number of nitrogens with one attached hydrogen (secondary N) is 1. The van der Waals surface area contributed by atoms with Crippen molar-refractivity contribution in [3.8, 4) is 0 Å². The minimum atomic E-state index is -3.52. The Labute approximate surface area is 96.4 Å². The molecule has 5 heteroatoms. The van der Waals surface area contributed by atoms with Gasteiger partial charge in [-0.15, -0.1) is 0 Å². The van der Waals surface area contributed by atoms with Gasteiger partial charge in [-0.05, 0) is 44.0 Å². The summed E-state index contributed by atoms with van der Waals surface area (Å²) in [5, 5.41) is 8.82. The summed E-state index contributed by atoms with van der Waals surface area (Å²) in [5.41, 5.74) is 1.98. The third kappa shape index (κ3) is 3.04. The molecule has 0 saturated heterocycles. The summed E-state index contributed by atoms with van der Waals surface area (Å²) < 4.78 is 26.1. The van der Waals surface area contributed by atoms with E-state index in [-0.39, 0.29) is 11.5 Å². The molecule has 0 aliphatic heterocycles. The van der Waals surface area contributed by atoms with E-state index >= 15 is 0 Å². The first kappa shape index (κ1) is 13.2. The van der Waals surface area contributed by atoms with Crippen molar-refractivity contribution in [1.82, 2.24) is 4.72 Å². The van der Waals surface area contributed by atoms with Gasteiger partial charge >= 0.3 is 0 Å². The van der Waals surface area contributed by atoms with Crippen molar-refractivity contribution in [3.63, 3.8) is 0 Å². The van der Waals surface area contributed by atoms with Crippen molar-refractivity contribution in [2.45, 2.75) is 31.7 Å². The quantitative estimate of drug-likeness (QED) is 0.828. The molecule has 1 aromatic carbocycles. The molecule has 1 rings (SSSR count). The van der Waals surface area contributed by atoms with Crippen LogP contribution in [0, 0.1) is 13.8 Å². The van der Waals surface area contributed by atoms with Crippen molar-refractivity contribution in [2.24, 2.45) is 0 Å². The molecule has 1 aromatic rings. The van der Waals surface area contributed by atoms with E-state index < -0.39 is 16.1 Å². The average molecular weight is 243 g/mol. The van der Waals surface area contributed by atoms with E-state index in [1.165, 1.54) is 0 Å². The van der Waals surface area contributed by atoms with Gasteiger partial charge in [0, 0.05) is 6.04 Å². The van der Waals surface area contributed by atoms with Crippen molar-refractivity contribution in [1.29, 1.82) is 0 Å². The number of sulfonamides is 1. The highest BCUT2D eigenvalue weighted by molar-refractivity contribution is 7.89. The largest absolute Gasteiger partial charge is 0.395 e. The SMILES string of the molecule is Cc1ccc(S(=O)(=O)N[C@@H](C)CO)cc1C. The van der Waals surface area contributed by atoms with E-state index in [9.17, 15) is 8.42 Å². The lowest BCUT2D eigenvalue weighted by Gasteiger charge is -2.12. The van der Waals surface area contributed by atoms with Gasteiger partial charge in [-0.1, -0.05) is 6.07 Å². The lowest BCUT2D eigenvalue weighted by Crippen LogP contribution is -2.35. The summed E-state index contributed by atoms with van der Waals surface area (Å²) >= 11 is 0. The Morgan fingerprint density at radius 2 is 1.94 bits per heavy atom. The predicted molar refractivity (Wildman–Crippen MR) is 62.8 cm³/mol. The third-order valence-corrected chi connectivity index (χ3v) is 4.01. The highest BCUT2D eigenvalue weighted by atomic mass is 32.2. The second kappa shape index (κ2) is 4.95. The first-order chi connectivity index (χ1) is 7.36. The number of aliphatic hydroxyl groups is 1. The van der Waals surface area contributed by atoms with Gasteiger partial charge in [-0.25, -0.2) is 13.1 Å². The monoisotopic (exact) mass is 243 g/mol. The Morgan fingerprint density at radius 3 is 2.44 bits per heavy atom. The summed E-state index contributed by atoms with van der Waals surface area (Å²) in [6, 6.07) is 4.48. The molecule has 0 aliphatic rings. The lowest BCUT2D eigenvalue weighted by atomic mass is 10.1. The van der Waals surface area contributed by atoms with Crippen LogP contribution < -0.4 is 4.72 Å². The summed E-state index contributed by atoms with van der Waals surface area (Å²) in [6.07, 6.45) is 0. The molecule has 0 radical (unpaired) electrons. The van der Waals surface area contributed by atoms with Crippen LogP contribution in [0.15, 0.2) is 23.1 Å². The Morgan fingerprint density at radius 1 is 1.31 bits per heavy atom. The minimum absolute atomic E-state index is 0.218. The maximum absolute atomic E-state index is 11.8. The molecule has 0 aliphatic carbocycles. The van der Waals surface area contributed by atoms with Crippen LogP contribution in [-0.2, 0) is 10.0 Å². The lowest BCUT2D eigenvalue weighted by molar-refractivity contribution is 0.265. The smallest absolute Gasteiger partial charge is 0.240 e. The van der Waals surface area contributed by atoms with Gasteiger partial charge < -0.3 is 5.11 Å². The Hall–Kier alpha value is -0.910. The van der Waals surface area contributed by atoms with Crippen molar-refractivity contribution >= 4 is 10.0 Å². The molecule has 16 heavy (non-hydrogen) atoms. The summed E-state index contributed by atoms with van der Waals surface area (Å²) in [7, 11) is -3.52. The second-order valence-electron chi connectivity index (χ2n) is 3.95. The van der Waals surface area contributed by atoms with Crippen LogP contribution in [0.2, 0.25) is 0 Å². The molecule has 90 valence electrons. The first-order valence-electron chi connectivity index (χ1n) is 5.07. The van der Waals surface area contributed by atoms with E-state index in [1.807, 2.05) is 13.8 Å². The van der Waals surface area contributed by atoms with Gasteiger partial charge in [0.1, 0.15) is 0 Å². The first-order valence-corrected chi connectivity index (χ1v) is 6.55. The normalized spacial score (nSPS) is 13.8. The molecule has 1 atom stereocenters. The molecule has 0 fully saturated rings. The van der Waals surface area contributed by atoms with Gasteiger partial charge in [0.05, 0.1) is 11.5 Å². The Balaban J connectivity index is 3.03. The van der Waals surface area contributed by atoms with Crippen LogP contribution in [0.4, 0.5) is 0 Å². The van der Waals surface area contributed by atoms with Crippen molar-refractivity contribution < 1.29 is 13.5 Å². The Bertz CT molecular complexity index is 468. The van der Waals surface area contributed by atoms with Gasteiger partial charge in [0.15, 0.2) is 0 Å². The molecule has 0 spiro atoms. The highest BCUT2D eigenvalue weighted by Gasteiger charge is 2.16. The molecule has 4 nitrogen and oxygen atoms in total. The molecule has 2 N–H and O–H groups in total. The van der Waals surface area contributed by atoms with Gasteiger partial charge in [0.2, 0.25) is 10.0 Å². The number of rotatable bonds is 4. The van der Waals surface area contributed by atoms with Crippen LogP contribution in [0.5, 0.6) is 0 Å². The fourth-order valence-electron chi connectivity index (χ4n) is 1.25. The number of aryl methyl sites for hydroxylation is 2. The van der Waals surface area contributed by atoms with E-state index in [0.717, 1.165) is 11.1 Å². The fourth-order valence-corrected chi connectivity index (χ4v) is 2.57. The fraction of sp³-hybridized carbons (Fsp3) is 0.455. The topological polar surface area (TPSA) is 66.4 Å². The zero-order chi connectivity index (χ0) is 12.3. The molecular formula is C11H17NO3S. The van der Waals surface area contributed by atoms with Crippen LogP contribution in [0.1, 0.15) is 18.1 Å². The van der Waals surface area contributed by atoms with Crippen LogP contribution in [0.3, 0.4) is 0 Å². The number of benzene rings is 1. The minimum Gasteiger partial charge on any atom is -0.395 e. The molecular weight excluding hydrogens is 226 g/mol. The summed E-state index contributed by atoms with van der Waals surface area (Å²) in [6.45, 7) is 5.18. The average Bonchev–Trinajstić information content (AvgIpc) is 2.21. The molecule has 0 aromatic heterocycles. The third-order valence-electron chi connectivity index (χ3n) is 2.42. The van der Waals surface area contributed by atoms with Gasteiger partial charge in [-0.2, -0.15) is 0 Å². The number of hydrogen-bond donors (Lipinski definition) is 2. The second-order valence-corrected chi connectivity index (χ2v) is 5.66. The van der Waals surface area contributed by atoms with E-state index in [2.05, 4.69) is 4.72 Å². The van der Waals surface area contributed by atoms with Crippen LogP contribution >= 0.6 is 0 Å². The molecule has 0 amide bonds. The van der Waals surface area contributed by atoms with Crippen molar-refractivity contribution in [3.05, 3.63) is 29.3 Å². The molecule has 0 heterocycles. The Kier molecular flexibility index (Phi) is 4.07. The van der Waals surface area contributed by atoms with E-state index in [1.54, 1.807) is 25.1 Å².